The van der Waals surface area contributed by atoms with Crippen LogP contribution in [0.4, 0.5) is 4.39 Å². The Hall–Kier alpha value is -1.51. The number of halogens is 1. The Morgan fingerprint density at radius 3 is 2.64 bits per heavy atom. The lowest BCUT2D eigenvalue weighted by atomic mass is 10.1. The number of aromatic hydroxyl groups is 1. The van der Waals surface area contributed by atoms with Gasteiger partial charge in [-0.1, -0.05) is 0 Å². The summed E-state index contributed by atoms with van der Waals surface area (Å²) in [5, 5.41) is 9.98. The largest absolute Gasteiger partial charge is 0.508 e. The molecule has 2 aromatic rings. The zero-order chi connectivity index (χ0) is 10.3. The van der Waals surface area contributed by atoms with Crippen molar-refractivity contribution in [2.24, 2.45) is 0 Å². The summed E-state index contributed by atoms with van der Waals surface area (Å²) in [6.45, 7) is 2.87. The summed E-state index contributed by atoms with van der Waals surface area (Å²) in [6, 6.07) is 6.37. The fraction of sp³-hybridized carbons (Fsp3) is 0.273. The van der Waals surface area contributed by atoms with Gasteiger partial charge in [-0.3, -0.25) is 0 Å². The first-order chi connectivity index (χ1) is 6.47. The number of hydrogen-bond donors (Lipinski definition) is 1. The van der Waals surface area contributed by atoms with Gasteiger partial charge in [0.1, 0.15) is 17.1 Å². The summed E-state index contributed by atoms with van der Waals surface area (Å²) < 4.78 is 18.8. The third-order valence-electron chi connectivity index (χ3n) is 2.09. The minimum atomic E-state index is -1.49. The van der Waals surface area contributed by atoms with Crippen molar-refractivity contribution in [2.45, 2.75) is 19.5 Å². The zero-order valence-electron chi connectivity index (χ0n) is 8.04. The molecule has 0 fully saturated rings. The van der Waals surface area contributed by atoms with Gasteiger partial charge in [-0.25, -0.2) is 4.39 Å². The van der Waals surface area contributed by atoms with E-state index in [2.05, 4.69) is 0 Å². The molecule has 0 aliphatic heterocycles. The van der Waals surface area contributed by atoms with Crippen LogP contribution in [0.1, 0.15) is 19.6 Å². The van der Waals surface area contributed by atoms with Crippen LogP contribution >= 0.6 is 0 Å². The van der Waals surface area contributed by atoms with Gasteiger partial charge in [-0.15, -0.1) is 0 Å². The molecule has 0 saturated heterocycles. The predicted octanol–water partition coefficient (Wildman–Crippen LogP) is 3.34. The van der Waals surface area contributed by atoms with E-state index in [1.807, 2.05) is 0 Å². The van der Waals surface area contributed by atoms with Crippen molar-refractivity contribution in [3.05, 3.63) is 30.0 Å². The second kappa shape index (κ2) is 2.74. The molecular formula is C11H11FO2. The Morgan fingerprint density at radius 2 is 2.00 bits per heavy atom. The van der Waals surface area contributed by atoms with E-state index in [9.17, 15) is 9.50 Å². The maximum atomic E-state index is 13.5. The van der Waals surface area contributed by atoms with E-state index in [0.717, 1.165) is 5.39 Å². The third-order valence-corrected chi connectivity index (χ3v) is 2.09. The summed E-state index contributed by atoms with van der Waals surface area (Å²) in [5.74, 6) is 0.396. The minimum absolute atomic E-state index is 0.120. The van der Waals surface area contributed by atoms with Crippen LogP contribution in [0.2, 0.25) is 0 Å². The average Bonchev–Trinajstić information content (AvgIpc) is 2.45. The van der Waals surface area contributed by atoms with Crippen molar-refractivity contribution in [3.63, 3.8) is 0 Å². The van der Waals surface area contributed by atoms with Gasteiger partial charge in [0.05, 0.1) is 0 Å². The molecule has 0 saturated carbocycles. The SMILES string of the molecule is CC(C)(F)c1cc2ccc(O)cc2o1. The lowest BCUT2D eigenvalue weighted by Gasteiger charge is -2.08. The summed E-state index contributed by atoms with van der Waals surface area (Å²) in [7, 11) is 0. The molecular weight excluding hydrogens is 183 g/mol. The summed E-state index contributed by atoms with van der Waals surface area (Å²) in [4.78, 5) is 0. The highest BCUT2D eigenvalue weighted by molar-refractivity contribution is 5.79. The van der Waals surface area contributed by atoms with Crippen molar-refractivity contribution < 1.29 is 13.9 Å². The highest BCUT2D eigenvalue weighted by atomic mass is 19.1. The van der Waals surface area contributed by atoms with Crippen LogP contribution < -0.4 is 0 Å². The second-order valence-electron chi connectivity index (χ2n) is 3.81. The van der Waals surface area contributed by atoms with Crippen molar-refractivity contribution in [1.29, 1.82) is 0 Å². The van der Waals surface area contributed by atoms with E-state index in [1.54, 1.807) is 18.2 Å². The topological polar surface area (TPSA) is 33.4 Å². The summed E-state index contributed by atoms with van der Waals surface area (Å²) in [6.07, 6.45) is 0. The maximum Gasteiger partial charge on any atom is 0.162 e. The van der Waals surface area contributed by atoms with Crippen LogP contribution in [0.15, 0.2) is 28.7 Å². The van der Waals surface area contributed by atoms with Gasteiger partial charge >= 0.3 is 0 Å². The Balaban J connectivity index is 2.63. The molecule has 1 heterocycles. The van der Waals surface area contributed by atoms with Gasteiger partial charge in [0, 0.05) is 11.5 Å². The standard InChI is InChI=1S/C11H11FO2/c1-11(2,12)10-5-7-3-4-8(13)6-9(7)14-10/h3-6,13H,1-2H3. The second-order valence-corrected chi connectivity index (χ2v) is 3.81. The quantitative estimate of drug-likeness (QED) is 0.755. The van der Waals surface area contributed by atoms with E-state index in [-0.39, 0.29) is 11.5 Å². The molecule has 0 amide bonds. The third kappa shape index (κ3) is 1.45. The molecule has 0 unspecified atom stereocenters. The van der Waals surface area contributed by atoms with Gasteiger partial charge < -0.3 is 9.52 Å². The van der Waals surface area contributed by atoms with Crippen LogP contribution in [-0.2, 0) is 5.67 Å². The fourth-order valence-electron chi connectivity index (χ4n) is 1.31. The van der Waals surface area contributed by atoms with Crippen molar-refractivity contribution in [1.82, 2.24) is 0 Å². The van der Waals surface area contributed by atoms with E-state index in [0.29, 0.717) is 5.58 Å². The number of phenols is 1. The van der Waals surface area contributed by atoms with Gasteiger partial charge in [0.25, 0.3) is 0 Å². The van der Waals surface area contributed by atoms with Crippen LogP contribution in [0.5, 0.6) is 5.75 Å². The maximum absolute atomic E-state index is 13.5. The highest BCUT2D eigenvalue weighted by Gasteiger charge is 2.23. The zero-order valence-corrected chi connectivity index (χ0v) is 8.04. The van der Waals surface area contributed by atoms with Crippen molar-refractivity contribution in [3.8, 4) is 5.75 Å². The molecule has 3 heteroatoms. The lowest BCUT2D eigenvalue weighted by molar-refractivity contribution is 0.182. The predicted molar refractivity (Wildman–Crippen MR) is 52.0 cm³/mol. The minimum Gasteiger partial charge on any atom is -0.508 e. The molecule has 0 aliphatic carbocycles. The Morgan fingerprint density at radius 1 is 1.29 bits per heavy atom. The first-order valence-electron chi connectivity index (χ1n) is 4.39. The van der Waals surface area contributed by atoms with Crippen LogP contribution in [0.25, 0.3) is 11.0 Å². The Labute approximate surface area is 81.0 Å². The van der Waals surface area contributed by atoms with Crippen LogP contribution in [0, 0.1) is 0 Å². The molecule has 1 N–H and O–H groups in total. The molecule has 2 rings (SSSR count). The number of benzene rings is 1. The Kier molecular flexibility index (Phi) is 1.77. The van der Waals surface area contributed by atoms with Gasteiger partial charge in [-0.05, 0) is 32.0 Å². The molecule has 1 aromatic carbocycles. The summed E-state index contributed by atoms with van der Waals surface area (Å²) in [5.41, 5.74) is -0.986. The number of fused-ring (bicyclic) bond motifs is 1. The highest BCUT2D eigenvalue weighted by Crippen LogP contribution is 2.31. The van der Waals surface area contributed by atoms with E-state index in [4.69, 9.17) is 4.42 Å². The normalized spacial score (nSPS) is 12.2. The monoisotopic (exact) mass is 194 g/mol. The molecule has 0 atom stereocenters. The van der Waals surface area contributed by atoms with Crippen molar-refractivity contribution in [2.75, 3.05) is 0 Å². The molecule has 74 valence electrons. The van der Waals surface area contributed by atoms with Crippen molar-refractivity contribution >= 4 is 11.0 Å². The fourth-order valence-corrected chi connectivity index (χ4v) is 1.31. The molecule has 0 spiro atoms. The van der Waals surface area contributed by atoms with Gasteiger partial charge in [0.2, 0.25) is 0 Å². The number of alkyl halides is 1. The smallest absolute Gasteiger partial charge is 0.162 e. The number of hydrogen-bond acceptors (Lipinski definition) is 2. The van der Waals surface area contributed by atoms with Gasteiger partial charge in [-0.2, -0.15) is 0 Å². The van der Waals surface area contributed by atoms with Crippen LogP contribution in [0.3, 0.4) is 0 Å². The molecule has 14 heavy (non-hydrogen) atoms. The first kappa shape index (κ1) is 9.06. The Bertz CT molecular complexity index is 466. The molecule has 1 aromatic heterocycles. The molecule has 0 bridgehead atoms. The molecule has 0 radical (unpaired) electrons. The molecule has 2 nitrogen and oxygen atoms in total. The number of furan rings is 1. The first-order valence-corrected chi connectivity index (χ1v) is 4.39. The number of rotatable bonds is 1. The average molecular weight is 194 g/mol. The van der Waals surface area contributed by atoms with E-state index < -0.39 is 5.67 Å². The van der Waals surface area contributed by atoms with Crippen LogP contribution in [-0.4, -0.2) is 5.11 Å². The van der Waals surface area contributed by atoms with E-state index >= 15 is 0 Å². The summed E-state index contributed by atoms with van der Waals surface area (Å²) >= 11 is 0. The van der Waals surface area contributed by atoms with E-state index in [1.165, 1.54) is 19.9 Å². The number of phenolic OH excluding ortho intramolecular Hbond substituents is 1. The lowest BCUT2D eigenvalue weighted by Crippen LogP contribution is -2.06. The molecule has 0 aliphatic rings. The van der Waals surface area contributed by atoms with Gasteiger partial charge in [0.15, 0.2) is 5.67 Å².